The molecule has 1 heterocycles. The molecule has 1 aliphatic rings. The second-order valence-electron chi connectivity index (χ2n) is 4.15. The molecule has 0 bridgehead atoms. The van der Waals surface area contributed by atoms with Crippen LogP contribution < -0.4 is 4.72 Å². The summed E-state index contributed by atoms with van der Waals surface area (Å²) in [5.41, 5.74) is 0. The molecule has 1 aromatic rings. The average Bonchev–Trinajstić information content (AvgIpc) is 2.95. The number of hydrogen-bond acceptors (Lipinski definition) is 4. The predicted octanol–water partition coefficient (Wildman–Crippen LogP) is 1.32. The lowest BCUT2D eigenvalue weighted by atomic mass is 10.2. The maximum Gasteiger partial charge on any atom is 0.241 e. The molecule has 1 aromatic heterocycles. The molecule has 0 spiro atoms. The minimum Gasteiger partial charge on any atom is -0.391 e. The molecule has 1 unspecified atom stereocenters. The molecule has 0 aromatic carbocycles. The Morgan fingerprint density at radius 1 is 1.62 bits per heavy atom. The highest BCUT2D eigenvalue weighted by Crippen LogP contribution is 2.33. The van der Waals surface area contributed by atoms with E-state index >= 15 is 0 Å². The van der Waals surface area contributed by atoms with E-state index in [2.05, 4.69) is 4.72 Å². The summed E-state index contributed by atoms with van der Waals surface area (Å²) in [4.78, 5) is 0.925. The highest BCUT2D eigenvalue weighted by atomic mass is 32.2. The zero-order valence-electron chi connectivity index (χ0n) is 9.01. The summed E-state index contributed by atoms with van der Waals surface area (Å²) in [6.45, 7) is 1.78. The predicted molar refractivity (Wildman–Crippen MR) is 62.7 cm³/mol. The van der Waals surface area contributed by atoms with Crippen molar-refractivity contribution >= 4 is 21.4 Å². The van der Waals surface area contributed by atoms with E-state index in [1.54, 1.807) is 5.38 Å². The van der Waals surface area contributed by atoms with E-state index in [9.17, 15) is 8.42 Å². The Balaban J connectivity index is 2.11. The molecule has 2 N–H and O–H groups in total. The number of aliphatic hydroxyl groups excluding tert-OH is 1. The molecule has 1 aliphatic carbocycles. The van der Waals surface area contributed by atoms with Crippen molar-refractivity contribution in [3.8, 4) is 0 Å². The van der Waals surface area contributed by atoms with Crippen molar-refractivity contribution in [1.82, 2.24) is 4.72 Å². The van der Waals surface area contributed by atoms with Gasteiger partial charge in [-0.25, -0.2) is 13.1 Å². The summed E-state index contributed by atoms with van der Waals surface area (Å²) in [5.74, 6) is 0.491. The Kier molecular flexibility index (Phi) is 3.34. The van der Waals surface area contributed by atoms with Gasteiger partial charge in [0.25, 0.3) is 0 Å². The van der Waals surface area contributed by atoms with E-state index in [4.69, 9.17) is 5.11 Å². The molecule has 1 fully saturated rings. The number of rotatable bonds is 5. The maximum absolute atomic E-state index is 11.9. The van der Waals surface area contributed by atoms with Gasteiger partial charge in [-0.05, 0) is 31.7 Å². The molecule has 16 heavy (non-hydrogen) atoms. The second-order valence-corrected chi connectivity index (χ2v) is 6.86. The molecule has 4 nitrogen and oxygen atoms in total. The third kappa shape index (κ3) is 2.63. The van der Waals surface area contributed by atoms with E-state index in [0.717, 1.165) is 12.8 Å². The monoisotopic (exact) mass is 261 g/mol. The van der Waals surface area contributed by atoms with Crippen molar-refractivity contribution in [3.63, 3.8) is 0 Å². The molecule has 0 amide bonds. The summed E-state index contributed by atoms with van der Waals surface area (Å²) in [5, 5.41) is 10.5. The van der Waals surface area contributed by atoms with Gasteiger partial charge in [0.15, 0.2) is 0 Å². The second kappa shape index (κ2) is 4.44. The molecule has 0 saturated heterocycles. The summed E-state index contributed by atoms with van der Waals surface area (Å²) in [6, 6.07) is 1.52. The Hall–Kier alpha value is -0.430. The van der Waals surface area contributed by atoms with Crippen LogP contribution in [0.3, 0.4) is 0 Å². The van der Waals surface area contributed by atoms with Crippen LogP contribution >= 0.6 is 11.3 Å². The SMILES string of the molecule is CC(NS(=O)(=O)c1csc(CO)c1)C1CC1. The molecule has 1 saturated carbocycles. The largest absolute Gasteiger partial charge is 0.391 e. The molecule has 90 valence electrons. The first-order chi connectivity index (χ1) is 7.53. The summed E-state index contributed by atoms with van der Waals surface area (Å²) < 4.78 is 26.5. The van der Waals surface area contributed by atoms with Crippen LogP contribution in [0.5, 0.6) is 0 Å². The van der Waals surface area contributed by atoms with E-state index in [1.165, 1.54) is 17.4 Å². The summed E-state index contributed by atoms with van der Waals surface area (Å²) >= 11 is 1.26. The topological polar surface area (TPSA) is 66.4 Å². The fraction of sp³-hybridized carbons (Fsp3) is 0.600. The van der Waals surface area contributed by atoms with Crippen LogP contribution in [0.25, 0.3) is 0 Å². The van der Waals surface area contributed by atoms with Crippen molar-refractivity contribution in [2.24, 2.45) is 5.92 Å². The molecular weight excluding hydrogens is 246 g/mol. The number of nitrogens with one attached hydrogen (secondary N) is 1. The lowest BCUT2D eigenvalue weighted by molar-refractivity contribution is 0.285. The molecule has 0 aliphatic heterocycles. The van der Waals surface area contributed by atoms with Gasteiger partial charge in [0.1, 0.15) is 0 Å². The van der Waals surface area contributed by atoms with Gasteiger partial charge >= 0.3 is 0 Å². The zero-order chi connectivity index (χ0) is 11.8. The first-order valence-corrected chi connectivity index (χ1v) is 7.60. The Morgan fingerprint density at radius 3 is 2.81 bits per heavy atom. The number of aliphatic hydroxyl groups is 1. The van der Waals surface area contributed by atoms with Crippen molar-refractivity contribution in [2.45, 2.75) is 37.3 Å². The molecular formula is C10H15NO3S2. The van der Waals surface area contributed by atoms with Gasteiger partial charge in [-0.15, -0.1) is 11.3 Å². The van der Waals surface area contributed by atoms with Gasteiger partial charge in [0.05, 0.1) is 11.5 Å². The standard InChI is InChI=1S/C10H15NO3S2/c1-7(8-2-3-8)11-16(13,14)10-4-9(5-12)15-6-10/h4,6-8,11-12H,2-3,5H2,1H3. The zero-order valence-corrected chi connectivity index (χ0v) is 10.6. The smallest absolute Gasteiger partial charge is 0.241 e. The van der Waals surface area contributed by atoms with Crippen molar-refractivity contribution in [1.29, 1.82) is 0 Å². The summed E-state index contributed by atoms with van der Waals surface area (Å²) in [6.07, 6.45) is 2.21. The van der Waals surface area contributed by atoms with Gasteiger partial charge in [0.2, 0.25) is 10.0 Å². The highest BCUT2D eigenvalue weighted by molar-refractivity contribution is 7.89. The van der Waals surface area contributed by atoms with Crippen LogP contribution in [0.1, 0.15) is 24.6 Å². The normalized spacial score (nSPS) is 18.6. The van der Waals surface area contributed by atoms with Gasteiger partial charge in [-0.2, -0.15) is 0 Å². The number of hydrogen-bond donors (Lipinski definition) is 2. The van der Waals surface area contributed by atoms with Gasteiger partial charge in [-0.1, -0.05) is 0 Å². The maximum atomic E-state index is 11.9. The fourth-order valence-electron chi connectivity index (χ4n) is 1.59. The Bertz CT molecular complexity index is 462. The quantitative estimate of drug-likeness (QED) is 0.840. The molecule has 2 rings (SSSR count). The van der Waals surface area contributed by atoms with Gasteiger partial charge in [0, 0.05) is 16.3 Å². The van der Waals surface area contributed by atoms with Crippen molar-refractivity contribution < 1.29 is 13.5 Å². The molecule has 6 heteroatoms. The van der Waals surface area contributed by atoms with E-state index < -0.39 is 10.0 Å². The van der Waals surface area contributed by atoms with Crippen LogP contribution in [0.15, 0.2) is 16.3 Å². The van der Waals surface area contributed by atoms with Crippen LogP contribution in [0.2, 0.25) is 0 Å². The molecule has 0 radical (unpaired) electrons. The molecule has 1 atom stereocenters. The average molecular weight is 261 g/mol. The van der Waals surface area contributed by atoms with Crippen LogP contribution in [-0.4, -0.2) is 19.6 Å². The van der Waals surface area contributed by atoms with E-state index in [0.29, 0.717) is 10.8 Å². The van der Waals surface area contributed by atoms with Gasteiger partial charge in [-0.3, -0.25) is 0 Å². The fourth-order valence-corrected chi connectivity index (χ4v) is 4.04. The third-order valence-corrected chi connectivity index (χ3v) is 5.38. The lowest BCUT2D eigenvalue weighted by Crippen LogP contribution is -2.33. The summed E-state index contributed by atoms with van der Waals surface area (Å²) in [7, 11) is -3.40. The Morgan fingerprint density at radius 2 is 2.31 bits per heavy atom. The van der Waals surface area contributed by atoms with Crippen LogP contribution in [0, 0.1) is 5.92 Å². The first-order valence-electron chi connectivity index (χ1n) is 5.23. The highest BCUT2D eigenvalue weighted by Gasteiger charge is 2.31. The van der Waals surface area contributed by atoms with Crippen molar-refractivity contribution in [3.05, 3.63) is 16.3 Å². The minimum absolute atomic E-state index is 0.00229. The van der Waals surface area contributed by atoms with E-state index in [1.807, 2.05) is 6.92 Å². The number of sulfonamides is 1. The number of thiophene rings is 1. The van der Waals surface area contributed by atoms with Gasteiger partial charge < -0.3 is 5.11 Å². The van der Waals surface area contributed by atoms with E-state index in [-0.39, 0.29) is 17.5 Å². The van der Waals surface area contributed by atoms with Crippen LogP contribution in [0.4, 0.5) is 0 Å². The van der Waals surface area contributed by atoms with Crippen molar-refractivity contribution in [2.75, 3.05) is 0 Å². The minimum atomic E-state index is -3.40. The Labute approximate surface area is 99.4 Å². The third-order valence-electron chi connectivity index (χ3n) is 2.77. The first kappa shape index (κ1) is 12.0. The van der Waals surface area contributed by atoms with Crippen LogP contribution in [-0.2, 0) is 16.6 Å². The lowest BCUT2D eigenvalue weighted by Gasteiger charge is -2.11.